The lowest BCUT2D eigenvalue weighted by atomic mass is 10.2. The van der Waals surface area contributed by atoms with Crippen LogP contribution in [0.1, 0.15) is 31.7 Å². The fraction of sp³-hybridized carbons (Fsp3) is 0.571. The summed E-state index contributed by atoms with van der Waals surface area (Å²) in [6, 6.07) is 7.85. The smallest absolute Gasteiger partial charge is 0.119 e. The van der Waals surface area contributed by atoms with Gasteiger partial charge in [0.1, 0.15) is 12.4 Å². The van der Waals surface area contributed by atoms with Crippen LogP contribution in [0.5, 0.6) is 5.75 Å². The van der Waals surface area contributed by atoms with Gasteiger partial charge in [0, 0.05) is 13.2 Å². The molecule has 96 valence electrons. The van der Waals surface area contributed by atoms with Crippen LogP contribution in [0.2, 0.25) is 0 Å². The van der Waals surface area contributed by atoms with Crippen molar-refractivity contribution in [1.29, 1.82) is 0 Å². The quantitative estimate of drug-likeness (QED) is 0.672. The van der Waals surface area contributed by atoms with Crippen molar-refractivity contribution < 1.29 is 9.47 Å². The van der Waals surface area contributed by atoms with Gasteiger partial charge in [-0.1, -0.05) is 31.9 Å². The van der Waals surface area contributed by atoms with E-state index in [1.54, 1.807) is 0 Å². The summed E-state index contributed by atoms with van der Waals surface area (Å²) in [4.78, 5) is 0. The van der Waals surface area contributed by atoms with Gasteiger partial charge in [0.2, 0.25) is 0 Å². The summed E-state index contributed by atoms with van der Waals surface area (Å²) in [6.07, 6.45) is 3.61. The zero-order chi connectivity index (χ0) is 12.3. The van der Waals surface area contributed by atoms with Crippen molar-refractivity contribution in [2.75, 3.05) is 19.8 Å². The maximum atomic E-state index is 5.55. The van der Waals surface area contributed by atoms with Crippen molar-refractivity contribution in [2.45, 2.75) is 32.7 Å². The summed E-state index contributed by atoms with van der Waals surface area (Å²) in [5, 5.41) is 0. The van der Waals surface area contributed by atoms with E-state index in [0.717, 1.165) is 24.3 Å². The minimum atomic E-state index is 0.570. The third-order valence-corrected chi connectivity index (χ3v) is 2.55. The molecule has 0 radical (unpaired) electrons. The van der Waals surface area contributed by atoms with Gasteiger partial charge in [0.25, 0.3) is 0 Å². The first-order chi connectivity index (χ1) is 8.36. The Morgan fingerprint density at radius 3 is 2.41 bits per heavy atom. The van der Waals surface area contributed by atoms with E-state index >= 15 is 0 Å². The van der Waals surface area contributed by atoms with Crippen molar-refractivity contribution in [1.82, 2.24) is 0 Å². The van der Waals surface area contributed by atoms with Crippen LogP contribution < -0.4 is 10.5 Å². The van der Waals surface area contributed by atoms with Crippen molar-refractivity contribution >= 4 is 0 Å². The normalized spacial score (nSPS) is 10.5. The molecular formula is C14H23NO2. The summed E-state index contributed by atoms with van der Waals surface area (Å²) < 4.78 is 11.0. The number of rotatable bonds is 9. The van der Waals surface area contributed by atoms with E-state index < -0.39 is 0 Å². The number of hydrogen-bond acceptors (Lipinski definition) is 3. The molecule has 0 aliphatic rings. The lowest BCUT2D eigenvalue weighted by Gasteiger charge is -2.07. The Labute approximate surface area is 104 Å². The molecule has 0 saturated carbocycles. The van der Waals surface area contributed by atoms with Gasteiger partial charge in [0.15, 0.2) is 0 Å². The third kappa shape index (κ3) is 6.29. The second kappa shape index (κ2) is 9.02. The highest BCUT2D eigenvalue weighted by Crippen LogP contribution is 2.11. The first kappa shape index (κ1) is 14.0. The first-order valence-electron chi connectivity index (χ1n) is 6.36. The Hall–Kier alpha value is -1.06. The summed E-state index contributed by atoms with van der Waals surface area (Å²) in [5.41, 5.74) is 6.64. The fourth-order valence-electron chi connectivity index (χ4n) is 1.50. The molecule has 0 atom stereocenters. The SMILES string of the molecule is CCCCCOCCOc1ccc(CN)cc1. The Balaban J connectivity index is 2.05. The molecule has 0 aliphatic carbocycles. The highest BCUT2D eigenvalue weighted by atomic mass is 16.5. The lowest BCUT2D eigenvalue weighted by molar-refractivity contribution is 0.0973. The minimum Gasteiger partial charge on any atom is -0.491 e. The summed E-state index contributed by atoms with van der Waals surface area (Å²) in [7, 11) is 0. The average molecular weight is 237 g/mol. The molecule has 0 heterocycles. The number of benzene rings is 1. The third-order valence-electron chi connectivity index (χ3n) is 2.55. The van der Waals surface area contributed by atoms with Gasteiger partial charge in [-0.05, 0) is 24.1 Å². The Morgan fingerprint density at radius 2 is 1.76 bits per heavy atom. The zero-order valence-electron chi connectivity index (χ0n) is 10.7. The van der Waals surface area contributed by atoms with Crippen molar-refractivity contribution in [3.8, 4) is 5.75 Å². The monoisotopic (exact) mass is 237 g/mol. The predicted molar refractivity (Wildman–Crippen MR) is 70.2 cm³/mol. The predicted octanol–water partition coefficient (Wildman–Crippen LogP) is 2.73. The molecule has 3 heteroatoms. The van der Waals surface area contributed by atoms with E-state index in [1.807, 2.05) is 24.3 Å². The van der Waals surface area contributed by atoms with Crippen LogP contribution in [0.25, 0.3) is 0 Å². The summed E-state index contributed by atoms with van der Waals surface area (Å²) >= 11 is 0. The van der Waals surface area contributed by atoms with Gasteiger partial charge in [-0.25, -0.2) is 0 Å². The van der Waals surface area contributed by atoms with Crippen LogP contribution in [0.4, 0.5) is 0 Å². The second-order valence-corrected chi connectivity index (χ2v) is 4.02. The highest BCUT2D eigenvalue weighted by Gasteiger charge is 1.94. The van der Waals surface area contributed by atoms with Crippen LogP contribution in [-0.2, 0) is 11.3 Å². The van der Waals surface area contributed by atoms with Crippen LogP contribution in [-0.4, -0.2) is 19.8 Å². The van der Waals surface area contributed by atoms with E-state index in [4.69, 9.17) is 15.2 Å². The molecule has 3 nitrogen and oxygen atoms in total. The largest absolute Gasteiger partial charge is 0.491 e. The van der Waals surface area contributed by atoms with Gasteiger partial charge in [0.05, 0.1) is 6.61 Å². The van der Waals surface area contributed by atoms with Crippen LogP contribution in [0.15, 0.2) is 24.3 Å². The molecule has 17 heavy (non-hydrogen) atoms. The fourth-order valence-corrected chi connectivity index (χ4v) is 1.50. The zero-order valence-corrected chi connectivity index (χ0v) is 10.7. The number of nitrogens with two attached hydrogens (primary N) is 1. The molecule has 0 amide bonds. The molecule has 1 aromatic rings. The molecule has 1 rings (SSSR count). The molecule has 0 fully saturated rings. The van der Waals surface area contributed by atoms with E-state index in [9.17, 15) is 0 Å². The number of unbranched alkanes of at least 4 members (excludes halogenated alkanes) is 2. The van der Waals surface area contributed by atoms with Gasteiger partial charge in [-0.3, -0.25) is 0 Å². The van der Waals surface area contributed by atoms with Crippen LogP contribution in [0.3, 0.4) is 0 Å². The van der Waals surface area contributed by atoms with Gasteiger partial charge < -0.3 is 15.2 Å². The molecule has 2 N–H and O–H groups in total. The molecular weight excluding hydrogens is 214 g/mol. The van der Waals surface area contributed by atoms with E-state index in [0.29, 0.717) is 19.8 Å². The van der Waals surface area contributed by atoms with Crippen molar-refractivity contribution in [3.63, 3.8) is 0 Å². The highest BCUT2D eigenvalue weighted by molar-refractivity contribution is 5.26. The molecule has 1 aromatic carbocycles. The van der Waals surface area contributed by atoms with Gasteiger partial charge >= 0.3 is 0 Å². The average Bonchev–Trinajstić information content (AvgIpc) is 2.38. The first-order valence-corrected chi connectivity index (χ1v) is 6.36. The molecule has 0 unspecified atom stereocenters. The maximum absolute atomic E-state index is 5.55. The molecule has 0 spiro atoms. The molecule has 0 bridgehead atoms. The summed E-state index contributed by atoms with van der Waals surface area (Å²) in [6.45, 7) is 4.86. The van der Waals surface area contributed by atoms with E-state index in [2.05, 4.69) is 6.92 Å². The van der Waals surface area contributed by atoms with E-state index in [-0.39, 0.29) is 0 Å². The van der Waals surface area contributed by atoms with E-state index in [1.165, 1.54) is 12.8 Å². The minimum absolute atomic E-state index is 0.570. The molecule has 0 aliphatic heterocycles. The number of hydrogen-bond donors (Lipinski definition) is 1. The second-order valence-electron chi connectivity index (χ2n) is 4.02. The Bertz CT molecular complexity index is 285. The lowest BCUT2D eigenvalue weighted by Crippen LogP contribution is -2.07. The topological polar surface area (TPSA) is 44.5 Å². The Morgan fingerprint density at radius 1 is 1.00 bits per heavy atom. The molecule has 0 saturated heterocycles. The Kier molecular flexibility index (Phi) is 7.43. The van der Waals surface area contributed by atoms with Crippen LogP contribution >= 0.6 is 0 Å². The van der Waals surface area contributed by atoms with Crippen molar-refractivity contribution in [3.05, 3.63) is 29.8 Å². The maximum Gasteiger partial charge on any atom is 0.119 e. The molecule has 0 aromatic heterocycles. The van der Waals surface area contributed by atoms with Crippen molar-refractivity contribution in [2.24, 2.45) is 5.73 Å². The van der Waals surface area contributed by atoms with Crippen LogP contribution in [0, 0.1) is 0 Å². The van der Waals surface area contributed by atoms with Gasteiger partial charge in [-0.15, -0.1) is 0 Å². The van der Waals surface area contributed by atoms with Gasteiger partial charge in [-0.2, -0.15) is 0 Å². The standard InChI is InChI=1S/C14H23NO2/c1-2-3-4-9-16-10-11-17-14-7-5-13(12-15)6-8-14/h5-8H,2-4,9-12,15H2,1H3. The summed E-state index contributed by atoms with van der Waals surface area (Å²) in [5.74, 6) is 0.874. The number of ether oxygens (including phenoxy) is 2.